The third-order valence-corrected chi connectivity index (χ3v) is 2.76. The van der Waals surface area contributed by atoms with Gasteiger partial charge in [0.15, 0.2) is 5.96 Å². The fourth-order valence-electron chi connectivity index (χ4n) is 1.81. The molecule has 1 aliphatic rings. The molecule has 0 saturated carbocycles. The van der Waals surface area contributed by atoms with E-state index in [0.717, 1.165) is 31.9 Å². The Kier molecular flexibility index (Phi) is 7.42. The van der Waals surface area contributed by atoms with Crippen LogP contribution >= 0.6 is 24.0 Å². The molecule has 104 valence electrons. The summed E-state index contributed by atoms with van der Waals surface area (Å²) in [4.78, 5) is 10.8. The van der Waals surface area contributed by atoms with Gasteiger partial charge in [-0.15, -0.1) is 24.0 Å². The van der Waals surface area contributed by atoms with Crippen LogP contribution in [0.2, 0.25) is 0 Å². The number of aromatic nitrogens is 1. The molecular weight excluding hydrogens is 353 g/mol. The first-order chi connectivity index (χ1) is 8.84. The Morgan fingerprint density at radius 3 is 3.00 bits per heavy atom. The maximum atomic E-state index is 5.79. The van der Waals surface area contributed by atoms with E-state index in [9.17, 15) is 0 Å². The summed E-state index contributed by atoms with van der Waals surface area (Å²) in [5.74, 6) is 1.14. The lowest BCUT2D eigenvalue weighted by Gasteiger charge is -2.21. The van der Waals surface area contributed by atoms with Crippen LogP contribution in [-0.2, 0) is 0 Å². The number of nitrogens with two attached hydrogens (primary N) is 1. The van der Waals surface area contributed by atoms with Gasteiger partial charge in [0, 0.05) is 25.8 Å². The van der Waals surface area contributed by atoms with Gasteiger partial charge in [-0.3, -0.25) is 9.89 Å². The molecule has 1 aromatic rings. The van der Waals surface area contributed by atoms with Gasteiger partial charge in [0.25, 0.3) is 0 Å². The van der Waals surface area contributed by atoms with Gasteiger partial charge in [0.1, 0.15) is 5.82 Å². The monoisotopic (exact) mass is 373 g/mol. The van der Waals surface area contributed by atoms with Crippen molar-refractivity contribution in [2.75, 3.05) is 31.5 Å². The molecule has 0 fully saturated rings. The lowest BCUT2D eigenvalue weighted by Crippen LogP contribution is -2.31. The first kappa shape index (κ1) is 15.9. The lowest BCUT2D eigenvalue weighted by atomic mass is 10.2. The van der Waals surface area contributed by atoms with E-state index in [1.165, 1.54) is 0 Å². The quantitative estimate of drug-likeness (QED) is 0.365. The molecule has 0 atom stereocenters. The molecule has 0 spiro atoms. The molecule has 0 unspecified atom stereocenters. The number of aliphatic imine (C=N–C) groups is 1. The van der Waals surface area contributed by atoms with E-state index in [1.807, 2.05) is 18.2 Å². The Hall–Kier alpha value is -1.15. The van der Waals surface area contributed by atoms with Crippen molar-refractivity contribution < 1.29 is 0 Å². The van der Waals surface area contributed by atoms with E-state index in [0.29, 0.717) is 12.5 Å². The Bertz CT molecular complexity index is 418. The third-order valence-electron chi connectivity index (χ3n) is 2.76. The van der Waals surface area contributed by atoms with Crippen molar-refractivity contribution in [1.82, 2.24) is 9.88 Å². The second kappa shape index (κ2) is 8.87. The Morgan fingerprint density at radius 2 is 2.32 bits per heavy atom. The molecule has 0 saturated heterocycles. The van der Waals surface area contributed by atoms with Crippen LogP contribution in [0.4, 0.5) is 5.82 Å². The molecule has 5 nitrogen and oxygen atoms in total. The SMILES string of the molecule is I.NC(=NCCN1CC=CCC1)Nc1ccccn1. The summed E-state index contributed by atoms with van der Waals surface area (Å²) >= 11 is 0. The number of halogens is 1. The minimum absolute atomic E-state index is 0. The van der Waals surface area contributed by atoms with Crippen molar-refractivity contribution in [3.05, 3.63) is 36.5 Å². The summed E-state index contributed by atoms with van der Waals surface area (Å²) in [6.07, 6.45) is 7.26. The van der Waals surface area contributed by atoms with Crippen molar-refractivity contribution >= 4 is 35.8 Å². The zero-order valence-corrected chi connectivity index (χ0v) is 13.2. The number of pyridine rings is 1. The van der Waals surface area contributed by atoms with E-state index in [2.05, 4.69) is 32.3 Å². The molecule has 2 heterocycles. The largest absolute Gasteiger partial charge is 0.370 e. The smallest absolute Gasteiger partial charge is 0.194 e. The minimum atomic E-state index is 0. The van der Waals surface area contributed by atoms with Crippen LogP contribution < -0.4 is 11.1 Å². The molecule has 0 aliphatic carbocycles. The standard InChI is InChI=1S/C13H19N5.HI/c14-13(17-12-6-2-3-7-15-12)16-8-11-18-9-4-1-5-10-18;/h1-4,6-7H,5,8-11H2,(H3,14,15,16,17);1H. The van der Waals surface area contributed by atoms with Crippen LogP contribution in [0.1, 0.15) is 6.42 Å². The Labute approximate surface area is 131 Å². The van der Waals surface area contributed by atoms with Gasteiger partial charge in [-0.1, -0.05) is 18.2 Å². The van der Waals surface area contributed by atoms with Gasteiger partial charge in [-0.2, -0.15) is 0 Å². The molecule has 6 heteroatoms. The molecule has 2 rings (SSSR count). The average Bonchev–Trinajstić information content (AvgIpc) is 2.41. The van der Waals surface area contributed by atoms with Gasteiger partial charge in [-0.05, 0) is 18.6 Å². The summed E-state index contributed by atoms with van der Waals surface area (Å²) in [5.41, 5.74) is 5.79. The molecule has 0 aromatic carbocycles. The van der Waals surface area contributed by atoms with E-state index in [4.69, 9.17) is 5.73 Å². The third kappa shape index (κ3) is 6.02. The highest BCUT2D eigenvalue weighted by atomic mass is 127. The van der Waals surface area contributed by atoms with Gasteiger partial charge >= 0.3 is 0 Å². The second-order valence-electron chi connectivity index (χ2n) is 4.17. The first-order valence-corrected chi connectivity index (χ1v) is 6.20. The number of guanidine groups is 1. The van der Waals surface area contributed by atoms with Crippen LogP contribution in [0.5, 0.6) is 0 Å². The van der Waals surface area contributed by atoms with Gasteiger partial charge < -0.3 is 11.1 Å². The minimum Gasteiger partial charge on any atom is -0.370 e. The average molecular weight is 373 g/mol. The summed E-state index contributed by atoms with van der Waals surface area (Å²) in [5, 5.41) is 2.96. The number of nitrogens with one attached hydrogen (secondary N) is 1. The molecule has 0 amide bonds. The lowest BCUT2D eigenvalue weighted by molar-refractivity contribution is 0.307. The fraction of sp³-hybridized carbons (Fsp3) is 0.385. The van der Waals surface area contributed by atoms with E-state index < -0.39 is 0 Å². The van der Waals surface area contributed by atoms with Crippen molar-refractivity contribution in [2.24, 2.45) is 10.7 Å². The maximum absolute atomic E-state index is 5.79. The van der Waals surface area contributed by atoms with Crippen molar-refractivity contribution in [1.29, 1.82) is 0 Å². The van der Waals surface area contributed by atoms with Gasteiger partial charge in [0.2, 0.25) is 0 Å². The number of anilines is 1. The number of hydrogen-bond acceptors (Lipinski definition) is 3. The topological polar surface area (TPSA) is 66.5 Å². The van der Waals surface area contributed by atoms with E-state index in [-0.39, 0.29) is 24.0 Å². The molecule has 1 aliphatic heterocycles. The van der Waals surface area contributed by atoms with Crippen molar-refractivity contribution in [3.63, 3.8) is 0 Å². The predicted octanol–water partition coefficient (Wildman–Crippen LogP) is 1.69. The first-order valence-electron chi connectivity index (χ1n) is 6.20. The fourth-order valence-corrected chi connectivity index (χ4v) is 1.81. The Balaban J connectivity index is 0.00000180. The predicted molar refractivity (Wildman–Crippen MR) is 90.0 cm³/mol. The van der Waals surface area contributed by atoms with Crippen LogP contribution in [0, 0.1) is 0 Å². The number of nitrogens with zero attached hydrogens (tertiary/aromatic N) is 3. The van der Waals surface area contributed by atoms with Crippen LogP contribution in [-0.4, -0.2) is 42.0 Å². The molecular formula is C13H20IN5. The van der Waals surface area contributed by atoms with Crippen molar-refractivity contribution in [2.45, 2.75) is 6.42 Å². The molecule has 19 heavy (non-hydrogen) atoms. The summed E-state index contributed by atoms with van der Waals surface area (Å²) in [6.45, 7) is 3.77. The van der Waals surface area contributed by atoms with E-state index >= 15 is 0 Å². The van der Waals surface area contributed by atoms with Crippen LogP contribution in [0.3, 0.4) is 0 Å². The summed E-state index contributed by atoms with van der Waals surface area (Å²) in [6, 6.07) is 5.63. The van der Waals surface area contributed by atoms with Crippen LogP contribution in [0.15, 0.2) is 41.5 Å². The maximum Gasteiger partial charge on any atom is 0.194 e. The Morgan fingerprint density at radius 1 is 1.42 bits per heavy atom. The number of hydrogen-bond donors (Lipinski definition) is 2. The molecule has 1 aromatic heterocycles. The zero-order valence-electron chi connectivity index (χ0n) is 10.8. The highest BCUT2D eigenvalue weighted by Crippen LogP contribution is 2.01. The summed E-state index contributed by atoms with van der Waals surface area (Å²) in [7, 11) is 0. The second-order valence-corrected chi connectivity index (χ2v) is 4.17. The van der Waals surface area contributed by atoms with Gasteiger partial charge in [0.05, 0.1) is 6.54 Å². The highest BCUT2D eigenvalue weighted by molar-refractivity contribution is 14.0. The van der Waals surface area contributed by atoms with Crippen LogP contribution in [0.25, 0.3) is 0 Å². The number of rotatable bonds is 4. The molecule has 3 N–H and O–H groups in total. The highest BCUT2D eigenvalue weighted by Gasteiger charge is 2.04. The summed E-state index contributed by atoms with van der Waals surface area (Å²) < 4.78 is 0. The van der Waals surface area contributed by atoms with Crippen molar-refractivity contribution in [3.8, 4) is 0 Å². The zero-order chi connectivity index (χ0) is 12.6. The van der Waals surface area contributed by atoms with E-state index in [1.54, 1.807) is 6.20 Å². The normalized spacial score (nSPS) is 15.9. The van der Waals surface area contributed by atoms with Gasteiger partial charge in [-0.25, -0.2) is 4.98 Å². The molecule has 0 bridgehead atoms. The molecule has 0 radical (unpaired) electrons.